The Balaban J connectivity index is 3.18. The van der Waals surface area contributed by atoms with Crippen LogP contribution in [0.15, 0.2) is 0 Å². The summed E-state index contributed by atoms with van der Waals surface area (Å²) < 4.78 is 15.9. The second-order valence-corrected chi connectivity index (χ2v) is 9.64. The van der Waals surface area contributed by atoms with Gasteiger partial charge in [0.25, 0.3) is 11.8 Å². The molecular formula is C19H22I3N3O8. The molecule has 0 spiro atoms. The SMILES string of the molecule is CC(=O)OCCNC(=O)c1c(I)c(N)c(I)c(C(=O)NC(CCOC(C)=O)OC(C)=O)c1I. The molecule has 0 saturated heterocycles. The van der Waals surface area contributed by atoms with E-state index in [2.05, 4.69) is 10.6 Å². The van der Waals surface area contributed by atoms with Gasteiger partial charge in [-0.3, -0.25) is 24.0 Å². The molecule has 14 heteroatoms. The summed E-state index contributed by atoms with van der Waals surface area (Å²) >= 11 is 5.69. The second-order valence-electron chi connectivity index (χ2n) is 6.40. The number of nitrogens with one attached hydrogen (secondary N) is 2. The van der Waals surface area contributed by atoms with Crippen molar-refractivity contribution in [2.24, 2.45) is 0 Å². The third-order valence-electron chi connectivity index (χ3n) is 3.78. The molecule has 0 fully saturated rings. The maximum Gasteiger partial charge on any atom is 0.304 e. The van der Waals surface area contributed by atoms with Gasteiger partial charge in [0.1, 0.15) is 6.61 Å². The number of carbonyl (C=O) groups excluding carboxylic acids is 5. The molecule has 4 N–H and O–H groups in total. The molecule has 1 aromatic rings. The van der Waals surface area contributed by atoms with Crippen LogP contribution in [0.5, 0.6) is 0 Å². The molecule has 0 heterocycles. The smallest absolute Gasteiger partial charge is 0.304 e. The zero-order valence-electron chi connectivity index (χ0n) is 17.9. The summed E-state index contributed by atoms with van der Waals surface area (Å²) in [5.41, 5.74) is 6.70. The Morgan fingerprint density at radius 1 is 0.818 bits per heavy atom. The van der Waals surface area contributed by atoms with Crippen molar-refractivity contribution in [1.82, 2.24) is 10.6 Å². The molecule has 2 amide bonds. The fraction of sp³-hybridized carbons (Fsp3) is 0.421. The molecule has 11 nitrogen and oxygen atoms in total. The lowest BCUT2D eigenvalue weighted by molar-refractivity contribution is -0.149. The minimum Gasteiger partial charge on any atom is -0.466 e. The lowest BCUT2D eigenvalue weighted by Gasteiger charge is -2.21. The number of ether oxygens (including phenoxy) is 3. The Bertz CT molecular complexity index is 955. The summed E-state index contributed by atoms with van der Waals surface area (Å²) in [6.45, 7) is 3.66. The molecule has 0 aliphatic rings. The lowest BCUT2D eigenvalue weighted by atomic mass is 10.1. The number of nitrogen functional groups attached to an aromatic ring is 1. The zero-order chi connectivity index (χ0) is 25.3. The third-order valence-corrected chi connectivity index (χ3v) is 7.10. The summed E-state index contributed by atoms with van der Waals surface area (Å²) in [5.74, 6) is -2.75. The molecule has 1 unspecified atom stereocenters. The Labute approximate surface area is 231 Å². The number of amides is 2. The van der Waals surface area contributed by atoms with Gasteiger partial charge in [-0.2, -0.15) is 0 Å². The number of benzene rings is 1. The van der Waals surface area contributed by atoms with E-state index in [-0.39, 0.29) is 43.0 Å². The van der Waals surface area contributed by atoms with Crippen molar-refractivity contribution in [3.8, 4) is 0 Å². The number of hydrogen-bond acceptors (Lipinski definition) is 9. The highest BCUT2D eigenvalue weighted by Crippen LogP contribution is 2.33. The van der Waals surface area contributed by atoms with Gasteiger partial charge < -0.3 is 30.6 Å². The van der Waals surface area contributed by atoms with Gasteiger partial charge in [-0.1, -0.05) is 0 Å². The molecule has 0 aliphatic heterocycles. The van der Waals surface area contributed by atoms with Crippen molar-refractivity contribution >= 4 is 103 Å². The molecule has 0 radical (unpaired) electrons. The van der Waals surface area contributed by atoms with Crippen molar-refractivity contribution in [3.05, 3.63) is 21.8 Å². The van der Waals surface area contributed by atoms with Gasteiger partial charge in [-0.25, -0.2) is 0 Å². The van der Waals surface area contributed by atoms with Gasteiger partial charge in [-0.15, -0.1) is 0 Å². The molecule has 0 aromatic heterocycles. The molecule has 1 aromatic carbocycles. The Morgan fingerprint density at radius 3 is 1.85 bits per heavy atom. The van der Waals surface area contributed by atoms with Crippen LogP contribution in [0.2, 0.25) is 0 Å². The van der Waals surface area contributed by atoms with Crippen LogP contribution in [0.25, 0.3) is 0 Å². The Kier molecular flexibility index (Phi) is 12.6. The number of halogens is 3. The van der Waals surface area contributed by atoms with Gasteiger partial charge in [0.15, 0.2) is 6.23 Å². The summed E-state index contributed by atoms with van der Waals surface area (Å²) in [5, 5.41) is 5.19. The average molecular weight is 801 g/mol. The van der Waals surface area contributed by atoms with Crippen LogP contribution in [-0.2, 0) is 28.6 Å². The molecule has 0 bridgehead atoms. The van der Waals surface area contributed by atoms with Crippen LogP contribution < -0.4 is 16.4 Å². The summed E-state index contributed by atoms with van der Waals surface area (Å²) in [4.78, 5) is 59.1. The zero-order valence-corrected chi connectivity index (χ0v) is 24.4. The van der Waals surface area contributed by atoms with E-state index in [9.17, 15) is 24.0 Å². The Morgan fingerprint density at radius 2 is 1.33 bits per heavy atom. The van der Waals surface area contributed by atoms with Gasteiger partial charge in [0.05, 0.1) is 37.1 Å². The topological polar surface area (TPSA) is 163 Å². The molecule has 182 valence electrons. The van der Waals surface area contributed by atoms with E-state index in [4.69, 9.17) is 19.9 Å². The van der Waals surface area contributed by atoms with Gasteiger partial charge in [-0.05, 0) is 67.8 Å². The number of rotatable bonds is 10. The van der Waals surface area contributed by atoms with Crippen LogP contribution >= 0.6 is 67.8 Å². The normalized spacial score (nSPS) is 11.2. The van der Waals surface area contributed by atoms with E-state index in [0.717, 1.165) is 0 Å². The molecule has 0 aliphatic carbocycles. The highest BCUT2D eigenvalue weighted by atomic mass is 127. The van der Waals surface area contributed by atoms with Gasteiger partial charge >= 0.3 is 17.9 Å². The first-order chi connectivity index (χ1) is 15.4. The molecule has 1 rings (SSSR count). The Hall–Kier alpha value is -1.44. The van der Waals surface area contributed by atoms with Gasteiger partial charge in [0.2, 0.25) is 0 Å². The highest BCUT2D eigenvalue weighted by Gasteiger charge is 2.28. The van der Waals surface area contributed by atoms with Gasteiger partial charge in [0, 0.05) is 30.8 Å². The summed E-state index contributed by atoms with van der Waals surface area (Å²) in [7, 11) is 0. The van der Waals surface area contributed by atoms with E-state index in [1.807, 2.05) is 67.8 Å². The molecule has 33 heavy (non-hydrogen) atoms. The first kappa shape index (κ1) is 29.6. The van der Waals surface area contributed by atoms with Crippen LogP contribution in [-0.4, -0.2) is 55.7 Å². The van der Waals surface area contributed by atoms with E-state index >= 15 is 0 Å². The molecular weight excluding hydrogens is 779 g/mol. The van der Waals surface area contributed by atoms with Crippen molar-refractivity contribution in [1.29, 1.82) is 0 Å². The number of hydrogen-bond donors (Lipinski definition) is 3. The number of anilines is 1. The third kappa shape index (κ3) is 9.38. The standard InChI is InChI=1S/C19H22I3N3O8/c1-8(26)31-6-4-11(33-10(3)28)25-19(30)13-14(20)12(15(21)17(23)16(13)22)18(29)24-5-7-32-9(2)27/h11H,4-7,23H2,1-3H3,(H,24,29)(H,25,30). The number of carbonyl (C=O) groups is 5. The monoisotopic (exact) mass is 801 g/mol. The van der Waals surface area contributed by atoms with E-state index < -0.39 is 36.0 Å². The van der Waals surface area contributed by atoms with Crippen LogP contribution in [0, 0.1) is 10.7 Å². The number of esters is 3. The number of nitrogens with two attached hydrogens (primary N) is 1. The van der Waals surface area contributed by atoms with Crippen LogP contribution in [0.1, 0.15) is 47.9 Å². The van der Waals surface area contributed by atoms with Crippen molar-refractivity contribution in [2.75, 3.05) is 25.5 Å². The van der Waals surface area contributed by atoms with Crippen molar-refractivity contribution < 1.29 is 38.2 Å². The maximum absolute atomic E-state index is 13.1. The minimum atomic E-state index is -1.07. The predicted octanol–water partition coefficient (Wildman–Crippen LogP) is 1.95. The van der Waals surface area contributed by atoms with Crippen molar-refractivity contribution in [2.45, 2.75) is 33.4 Å². The quantitative estimate of drug-likeness (QED) is 0.0803. The first-order valence-electron chi connectivity index (χ1n) is 9.35. The summed E-state index contributed by atoms with van der Waals surface area (Å²) in [6.07, 6.45) is -1.04. The van der Waals surface area contributed by atoms with E-state index in [1.165, 1.54) is 20.8 Å². The highest BCUT2D eigenvalue weighted by molar-refractivity contribution is 14.1. The van der Waals surface area contributed by atoms with Crippen LogP contribution in [0.3, 0.4) is 0 Å². The van der Waals surface area contributed by atoms with Crippen LogP contribution in [0.4, 0.5) is 5.69 Å². The average Bonchev–Trinajstić information content (AvgIpc) is 2.68. The lowest BCUT2D eigenvalue weighted by Crippen LogP contribution is -2.40. The second kappa shape index (κ2) is 14.1. The largest absolute Gasteiger partial charge is 0.466 e. The first-order valence-corrected chi connectivity index (χ1v) is 12.6. The predicted molar refractivity (Wildman–Crippen MR) is 142 cm³/mol. The molecule has 0 saturated carbocycles. The fourth-order valence-electron chi connectivity index (χ4n) is 2.42. The van der Waals surface area contributed by atoms with E-state index in [1.54, 1.807) is 0 Å². The van der Waals surface area contributed by atoms with Crippen molar-refractivity contribution in [3.63, 3.8) is 0 Å². The fourth-order valence-corrected chi connectivity index (χ4v) is 6.56. The maximum atomic E-state index is 13.1. The minimum absolute atomic E-state index is 0.00613. The summed E-state index contributed by atoms with van der Waals surface area (Å²) in [6, 6.07) is 0. The van der Waals surface area contributed by atoms with E-state index in [0.29, 0.717) is 10.7 Å². The molecule has 1 atom stereocenters.